The SMILES string of the molecule is COc1cccc(N2CCC(c3cc(N)[nH]n3)CC2)n1. The van der Waals surface area contributed by atoms with Gasteiger partial charge in [-0.2, -0.15) is 10.1 Å². The summed E-state index contributed by atoms with van der Waals surface area (Å²) >= 11 is 0. The van der Waals surface area contributed by atoms with Gasteiger partial charge in [0.2, 0.25) is 5.88 Å². The van der Waals surface area contributed by atoms with E-state index in [0.717, 1.165) is 37.4 Å². The zero-order valence-electron chi connectivity index (χ0n) is 11.5. The van der Waals surface area contributed by atoms with Gasteiger partial charge in [0.15, 0.2) is 0 Å². The minimum absolute atomic E-state index is 0.477. The van der Waals surface area contributed by atoms with Gasteiger partial charge in [-0.15, -0.1) is 0 Å². The summed E-state index contributed by atoms with van der Waals surface area (Å²) < 4.78 is 5.17. The van der Waals surface area contributed by atoms with E-state index in [0.29, 0.717) is 17.6 Å². The Morgan fingerprint density at radius 3 is 2.80 bits per heavy atom. The number of rotatable bonds is 3. The van der Waals surface area contributed by atoms with Gasteiger partial charge in [-0.1, -0.05) is 6.07 Å². The van der Waals surface area contributed by atoms with Gasteiger partial charge in [0, 0.05) is 31.1 Å². The lowest BCUT2D eigenvalue weighted by Crippen LogP contribution is -2.33. The molecule has 0 amide bonds. The highest BCUT2D eigenvalue weighted by atomic mass is 16.5. The molecule has 1 aliphatic rings. The van der Waals surface area contributed by atoms with Crippen LogP contribution in [0.5, 0.6) is 5.88 Å². The Hall–Kier alpha value is -2.24. The number of hydrogen-bond donors (Lipinski definition) is 2. The summed E-state index contributed by atoms with van der Waals surface area (Å²) in [6.07, 6.45) is 2.12. The fourth-order valence-corrected chi connectivity index (χ4v) is 2.66. The number of nitrogen functional groups attached to an aromatic ring is 1. The van der Waals surface area contributed by atoms with Crippen LogP contribution >= 0.6 is 0 Å². The monoisotopic (exact) mass is 273 g/mol. The maximum absolute atomic E-state index is 5.68. The summed E-state index contributed by atoms with van der Waals surface area (Å²) in [4.78, 5) is 6.77. The first kappa shape index (κ1) is 12.8. The van der Waals surface area contributed by atoms with Crippen LogP contribution in [0.25, 0.3) is 0 Å². The van der Waals surface area contributed by atoms with E-state index in [4.69, 9.17) is 10.5 Å². The Morgan fingerprint density at radius 2 is 2.15 bits per heavy atom. The van der Waals surface area contributed by atoms with Crippen molar-refractivity contribution in [3.63, 3.8) is 0 Å². The molecule has 20 heavy (non-hydrogen) atoms. The zero-order chi connectivity index (χ0) is 13.9. The molecule has 0 atom stereocenters. The summed E-state index contributed by atoms with van der Waals surface area (Å²) in [5, 5.41) is 7.07. The number of hydrogen-bond acceptors (Lipinski definition) is 5. The van der Waals surface area contributed by atoms with Crippen molar-refractivity contribution in [2.75, 3.05) is 30.8 Å². The zero-order valence-corrected chi connectivity index (χ0v) is 11.5. The van der Waals surface area contributed by atoms with Crippen LogP contribution in [0.15, 0.2) is 24.3 Å². The van der Waals surface area contributed by atoms with Crippen LogP contribution in [-0.2, 0) is 0 Å². The molecule has 3 heterocycles. The number of methoxy groups -OCH3 is 1. The van der Waals surface area contributed by atoms with Crippen molar-refractivity contribution in [3.05, 3.63) is 30.0 Å². The number of ether oxygens (including phenoxy) is 1. The lowest BCUT2D eigenvalue weighted by molar-refractivity contribution is 0.397. The molecule has 6 nitrogen and oxygen atoms in total. The van der Waals surface area contributed by atoms with Crippen LogP contribution in [-0.4, -0.2) is 35.4 Å². The third kappa shape index (κ3) is 2.54. The smallest absolute Gasteiger partial charge is 0.214 e. The summed E-state index contributed by atoms with van der Waals surface area (Å²) in [6.45, 7) is 1.94. The molecule has 1 aliphatic heterocycles. The molecule has 106 valence electrons. The van der Waals surface area contributed by atoms with Crippen molar-refractivity contribution < 1.29 is 4.74 Å². The molecule has 1 fully saturated rings. The van der Waals surface area contributed by atoms with Crippen molar-refractivity contribution >= 4 is 11.6 Å². The van der Waals surface area contributed by atoms with Crippen LogP contribution in [0.4, 0.5) is 11.6 Å². The second-order valence-corrected chi connectivity index (χ2v) is 5.05. The lowest BCUT2D eigenvalue weighted by atomic mass is 9.93. The Morgan fingerprint density at radius 1 is 1.35 bits per heavy atom. The third-order valence-corrected chi connectivity index (χ3v) is 3.77. The molecule has 0 unspecified atom stereocenters. The van der Waals surface area contributed by atoms with E-state index in [1.165, 1.54) is 0 Å². The van der Waals surface area contributed by atoms with E-state index in [2.05, 4.69) is 20.1 Å². The normalized spacial score (nSPS) is 16.4. The van der Waals surface area contributed by atoms with E-state index < -0.39 is 0 Å². The summed E-state index contributed by atoms with van der Waals surface area (Å²) in [5.74, 6) is 2.75. The van der Waals surface area contributed by atoms with Gasteiger partial charge in [-0.3, -0.25) is 5.10 Å². The lowest BCUT2D eigenvalue weighted by Gasteiger charge is -2.32. The van der Waals surface area contributed by atoms with Crippen molar-refractivity contribution in [2.24, 2.45) is 0 Å². The number of H-pyrrole nitrogens is 1. The fraction of sp³-hybridized carbons (Fsp3) is 0.429. The number of nitrogens with zero attached hydrogens (tertiary/aromatic N) is 3. The highest BCUT2D eigenvalue weighted by molar-refractivity contribution is 5.41. The molecule has 1 saturated heterocycles. The Balaban J connectivity index is 1.66. The molecule has 0 saturated carbocycles. The van der Waals surface area contributed by atoms with Crippen molar-refractivity contribution in [3.8, 4) is 5.88 Å². The molecule has 0 aliphatic carbocycles. The number of aromatic nitrogens is 3. The molecular formula is C14H19N5O. The second kappa shape index (κ2) is 5.40. The molecule has 2 aromatic rings. The largest absolute Gasteiger partial charge is 0.481 e. The molecule has 0 spiro atoms. The first-order chi connectivity index (χ1) is 9.76. The second-order valence-electron chi connectivity index (χ2n) is 5.05. The van der Waals surface area contributed by atoms with Gasteiger partial charge in [0.05, 0.1) is 12.8 Å². The number of nitrogens with one attached hydrogen (secondary N) is 1. The van der Waals surface area contributed by atoms with Crippen LogP contribution in [0.1, 0.15) is 24.5 Å². The highest BCUT2D eigenvalue weighted by Gasteiger charge is 2.23. The van der Waals surface area contributed by atoms with E-state index in [1.54, 1.807) is 7.11 Å². The quantitative estimate of drug-likeness (QED) is 0.891. The van der Waals surface area contributed by atoms with Gasteiger partial charge >= 0.3 is 0 Å². The molecule has 6 heteroatoms. The topological polar surface area (TPSA) is 80.1 Å². The summed E-state index contributed by atoms with van der Waals surface area (Å²) in [6, 6.07) is 7.80. The number of piperidine rings is 1. The molecule has 2 aromatic heterocycles. The van der Waals surface area contributed by atoms with Crippen LogP contribution in [0, 0.1) is 0 Å². The van der Waals surface area contributed by atoms with Gasteiger partial charge in [0.25, 0.3) is 0 Å². The molecule has 3 N–H and O–H groups in total. The molecule has 0 radical (unpaired) electrons. The Bertz CT molecular complexity index is 574. The molecular weight excluding hydrogens is 254 g/mol. The van der Waals surface area contributed by atoms with Crippen molar-refractivity contribution in [1.29, 1.82) is 0 Å². The van der Waals surface area contributed by atoms with Crippen LogP contribution < -0.4 is 15.4 Å². The number of aromatic amines is 1. The van der Waals surface area contributed by atoms with Crippen molar-refractivity contribution in [2.45, 2.75) is 18.8 Å². The van der Waals surface area contributed by atoms with Gasteiger partial charge in [-0.05, 0) is 18.9 Å². The molecule has 3 rings (SSSR count). The van der Waals surface area contributed by atoms with Gasteiger partial charge in [-0.25, -0.2) is 0 Å². The Kier molecular flexibility index (Phi) is 3.45. The van der Waals surface area contributed by atoms with E-state index in [-0.39, 0.29) is 0 Å². The maximum Gasteiger partial charge on any atom is 0.214 e. The summed E-state index contributed by atoms with van der Waals surface area (Å²) in [5.41, 5.74) is 6.75. The van der Waals surface area contributed by atoms with Crippen LogP contribution in [0.3, 0.4) is 0 Å². The maximum atomic E-state index is 5.68. The van der Waals surface area contributed by atoms with E-state index in [1.807, 2.05) is 24.3 Å². The van der Waals surface area contributed by atoms with Gasteiger partial charge < -0.3 is 15.4 Å². The van der Waals surface area contributed by atoms with Gasteiger partial charge in [0.1, 0.15) is 11.6 Å². The average molecular weight is 273 g/mol. The first-order valence-electron chi connectivity index (χ1n) is 6.83. The average Bonchev–Trinajstić information content (AvgIpc) is 2.94. The number of nitrogens with two attached hydrogens (primary N) is 1. The van der Waals surface area contributed by atoms with Crippen molar-refractivity contribution in [1.82, 2.24) is 15.2 Å². The fourth-order valence-electron chi connectivity index (χ4n) is 2.66. The van der Waals surface area contributed by atoms with Crippen LogP contribution in [0.2, 0.25) is 0 Å². The van der Waals surface area contributed by atoms with E-state index >= 15 is 0 Å². The Labute approximate surface area is 118 Å². The minimum Gasteiger partial charge on any atom is -0.481 e. The molecule has 0 bridgehead atoms. The van der Waals surface area contributed by atoms with E-state index in [9.17, 15) is 0 Å². The number of anilines is 2. The molecule has 0 aromatic carbocycles. The minimum atomic E-state index is 0.477. The first-order valence-corrected chi connectivity index (χ1v) is 6.83. The number of pyridine rings is 1. The highest BCUT2D eigenvalue weighted by Crippen LogP contribution is 2.29. The summed E-state index contributed by atoms with van der Waals surface area (Å²) in [7, 11) is 1.64. The predicted octanol–water partition coefficient (Wildman–Crippen LogP) is 1.78. The third-order valence-electron chi connectivity index (χ3n) is 3.77. The standard InChI is InChI=1S/C14H19N5O/c1-20-14-4-2-3-13(16-14)19-7-5-10(6-8-19)11-9-12(15)18-17-11/h2-4,9-10H,5-8H2,1H3,(H3,15,17,18). The predicted molar refractivity (Wildman–Crippen MR) is 78.0 cm³/mol.